The van der Waals surface area contributed by atoms with Gasteiger partial charge in [-0.15, -0.1) is 0 Å². The zero-order valence-corrected chi connectivity index (χ0v) is 16.2. The highest BCUT2D eigenvalue weighted by molar-refractivity contribution is 5.97. The number of benzene rings is 1. The van der Waals surface area contributed by atoms with Crippen molar-refractivity contribution in [3.63, 3.8) is 0 Å². The minimum absolute atomic E-state index is 0.0324. The Balaban J connectivity index is 1.86. The summed E-state index contributed by atoms with van der Waals surface area (Å²) < 4.78 is 3.03. The second-order valence-corrected chi connectivity index (χ2v) is 6.84. The van der Waals surface area contributed by atoms with Gasteiger partial charge in [0, 0.05) is 12.7 Å². The van der Waals surface area contributed by atoms with Crippen molar-refractivity contribution in [3.05, 3.63) is 87.8 Å². The molecule has 7 nitrogen and oxygen atoms in total. The first-order chi connectivity index (χ1) is 14.0. The fraction of sp³-hybridized carbons (Fsp3) is 0.182. The summed E-state index contributed by atoms with van der Waals surface area (Å²) in [5.41, 5.74) is 1.78. The van der Waals surface area contributed by atoms with Gasteiger partial charge in [-0.05, 0) is 37.6 Å². The molecule has 0 aliphatic carbocycles. The summed E-state index contributed by atoms with van der Waals surface area (Å²) in [5.74, 6) is -0.395. The maximum Gasteiger partial charge on any atom is 0.267 e. The molecule has 0 aliphatic rings. The van der Waals surface area contributed by atoms with Crippen molar-refractivity contribution >= 4 is 22.6 Å². The third-order valence-electron chi connectivity index (χ3n) is 5.03. The second kappa shape index (κ2) is 7.35. The molecule has 3 aromatic heterocycles. The van der Waals surface area contributed by atoms with Crippen LogP contribution in [0, 0.1) is 5.41 Å². The maximum atomic E-state index is 13.0. The molecule has 4 rings (SSSR count). The Hall–Kier alpha value is -3.74. The first-order valence-corrected chi connectivity index (χ1v) is 9.46. The third kappa shape index (κ3) is 3.20. The van der Waals surface area contributed by atoms with Gasteiger partial charge in [-0.2, -0.15) is 0 Å². The molecule has 0 saturated carbocycles. The molecule has 146 valence electrons. The molecule has 0 aliphatic heterocycles. The molecule has 1 aromatic carbocycles. The zero-order chi connectivity index (χ0) is 20.5. The second-order valence-electron chi connectivity index (χ2n) is 6.84. The number of aryl methyl sites for hydroxylation is 1. The van der Waals surface area contributed by atoms with E-state index in [1.165, 1.54) is 10.5 Å². The largest absolute Gasteiger partial charge is 0.345 e. The lowest BCUT2D eigenvalue weighted by molar-refractivity contribution is 0.0937. The molecular formula is C22H21N5O2. The van der Waals surface area contributed by atoms with Gasteiger partial charge < -0.3 is 9.88 Å². The fourth-order valence-corrected chi connectivity index (χ4v) is 3.47. The summed E-state index contributed by atoms with van der Waals surface area (Å²) in [6, 6.07) is 16.1. The number of carbonyl (C=O) groups excluding carboxylic acids is 1. The van der Waals surface area contributed by atoms with Gasteiger partial charge in [0.15, 0.2) is 0 Å². The number of hydrogen-bond acceptors (Lipinski definition) is 4. The van der Waals surface area contributed by atoms with Gasteiger partial charge in [-0.3, -0.25) is 19.4 Å². The first kappa shape index (κ1) is 18.6. The third-order valence-corrected chi connectivity index (χ3v) is 5.03. The molecule has 0 bridgehead atoms. The quantitative estimate of drug-likeness (QED) is 0.527. The minimum atomic E-state index is -0.395. The SMILES string of the molecule is CCn1c(=N)c(C(=O)N[C@H](C)c2ccccc2)cc2c(=O)n3ccccc3nc21. The van der Waals surface area contributed by atoms with E-state index < -0.39 is 5.91 Å². The van der Waals surface area contributed by atoms with Gasteiger partial charge in [-0.25, -0.2) is 4.98 Å². The van der Waals surface area contributed by atoms with Gasteiger partial charge in [0.25, 0.3) is 11.5 Å². The van der Waals surface area contributed by atoms with Crippen molar-refractivity contribution in [1.82, 2.24) is 19.3 Å². The van der Waals surface area contributed by atoms with Gasteiger partial charge in [-0.1, -0.05) is 36.4 Å². The number of carbonyl (C=O) groups is 1. The highest BCUT2D eigenvalue weighted by Crippen LogP contribution is 2.14. The number of pyridine rings is 2. The van der Waals surface area contributed by atoms with E-state index in [0.29, 0.717) is 23.2 Å². The van der Waals surface area contributed by atoms with E-state index in [4.69, 9.17) is 5.41 Å². The molecule has 0 unspecified atom stereocenters. The van der Waals surface area contributed by atoms with Gasteiger partial charge >= 0.3 is 0 Å². The van der Waals surface area contributed by atoms with E-state index >= 15 is 0 Å². The standard InChI is InChI=1S/C22H21N5O2/c1-3-26-19(23)16(21(28)24-14(2)15-9-5-4-6-10-15)13-17-20(26)25-18-11-7-8-12-27(18)22(17)29/h4-14,23H,3H2,1-2H3,(H,24,28)/t14-/m1/s1. The van der Waals surface area contributed by atoms with Crippen LogP contribution in [0.25, 0.3) is 16.7 Å². The Morgan fingerprint density at radius 1 is 1.17 bits per heavy atom. The highest BCUT2D eigenvalue weighted by atomic mass is 16.1. The van der Waals surface area contributed by atoms with Crippen molar-refractivity contribution < 1.29 is 4.79 Å². The fourth-order valence-electron chi connectivity index (χ4n) is 3.47. The molecule has 3 heterocycles. The van der Waals surface area contributed by atoms with E-state index in [-0.39, 0.29) is 22.7 Å². The van der Waals surface area contributed by atoms with Crippen LogP contribution in [0.3, 0.4) is 0 Å². The van der Waals surface area contributed by atoms with Crippen LogP contribution in [0.4, 0.5) is 0 Å². The number of hydrogen-bond donors (Lipinski definition) is 2. The molecule has 1 atom stereocenters. The van der Waals surface area contributed by atoms with Crippen LogP contribution in [0.2, 0.25) is 0 Å². The van der Waals surface area contributed by atoms with Crippen LogP contribution in [0.15, 0.2) is 65.6 Å². The molecule has 0 saturated heterocycles. The van der Waals surface area contributed by atoms with E-state index in [1.807, 2.05) is 44.2 Å². The van der Waals surface area contributed by atoms with E-state index in [0.717, 1.165) is 5.56 Å². The maximum absolute atomic E-state index is 13.0. The highest BCUT2D eigenvalue weighted by Gasteiger charge is 2.18. The van der Waals surface area contributed by atoms with Crippen molar-refractivity contribution in [2.75, 3.05) is 0 Å². The molecule has 7 heteroatoms. The molecule has 0 fully saturated rings. The average molecular weight is 387 g/mol. The number of amides is 1. The van der Waals surface area contributed by atoms with Crippen LogP contribution in [0.1, 0.15) is 35.8 Å². The van der Waals surface area contributed by atoms with Crippen molar-refractivity contribution in [2.45, 2.75) is 26.4 Å². The van der Waals surface area contributed by atoms with Crippen LogP contribution in [-0.2, 0) is 6.54 Å². The van der Waals surface area contributed by atoms with Gasteiger partial charge in [0.2, 0.25) is 0 Å². The Bertz CT molecular complexity index is 1340. The molecule has 29 heavy (non-hydrogen) atoms. The van der Waals surface area contributed by atoms with Crippen LogP contribution >= 0.6 is 0 Å². The smallest absolute Gasteiger partial charge is 0.267 e. The van der Waals surface area contributed by atoms with Crippen molar-refractivity contribution in [2.24, 2.45) is 0 Å². The Morgan fingerprint density at radius 3 is 2.62 bits per heavy atom. The zero-order valence-electron chi connectivity index (χ0n) is 16.2. The number of fused-ring (bicyclic) bond motifs is 2. The summed E-state index contributed by atoms with van der Waals surface area (Å²) in [4.78, 5) is 30.5. The van der Waals surface area contributed by atoms with E-state index in [2.05, 4.69) is 10.3 Å². The topological polar surface area (TPSA) is 92.2 Å². The van der Waals surface area contributed by atoms with E-state index in [9.17, 15) is 9.59 Å². The molecule has 4 aromatic rings. The minimum Gasteiger partial charge on any atom is -0.345 e. The summed E-state index contributed by atoms with van der Waals surface area (Å²) in [5, 5.41) is 11.8. The average Bonchev–Trinajstić information content (AvgIpc) is 2.74. The van der Waals surface area contributed by atoms with Crippen molar-refractivity contribution in [1.29, 1.82) is 5.41 Å². The lowest BCUT2D eigenvalue weighted by atomic mass is 10.1. The van der Waals surface area contributed by atoms with Crippen LogP contribution in [0.5, 0.6) is 0 Å². The molecular weight excluding hydrogens is 366 g/mol. The number of nitrogens with one attached hydrogen (secondary N) is 2. The number of nitrogens with zero attached hydrogens (tertiary/aromatic N) is 3. The first-order valence-electron chi connectivity index (χ1n) is 9.46. The summed E-state index contributed by atoms with van der Waals surface area (Å²) in [6.07, 6.45) is 1.65. The molecule has 0 spiro atoms. The number of rotatable bonds is 4. The van der Waals surface area contributed by atoms with Gasteiger partial charge in [0.1, 0.15) is 16.8 Å². The summed E-state index contributed by atoms with van der Waals surface area (Å²) in [6.45, 7) is 4.16. The predicted octanol–water partition coefficient (Wildman–Crippen LogP) is 2.64. The summed E-state index contributed by atoms with van der Waals surface area (Å²) in [7, 11) is 0. The van der Waals surface area contributed by atoms with Crippen molar-refractivity contribution in [3.8, 4) is 0 Å². The summed E-state index contributed by atoms with van der Waals surface area (Å²) >= 11 is 0. The molecule has 1 amide bonds. The van der Waals surface area contributed by atoms with Gasteiger partial charge in [0.05, 0.1) is 17.0 Å². The van der Waals surface area contributed by atoms with Crippen LogP contribution < -0.4 is 16.4 Å². The molecule has 2 N–H and O–H groups in total. The Labute approximate surface area is 166 Å². The Morgan fingerprint density at radius 2 is 1.90 bits per heavy atom. The number of aromatic nitrogens is 3. The van der Waals surface area contributed by atoms with Crippen LogP contribution in [-0.4, -0.2) is 19.9 Å². The lowest BCUT2D eigenvalue weighted by Gasteiger charge is -2.16. The molecule has 0 radical (unpaired) electrons. The lowest BCUT2D eigenvalue weighted by Crippen LogP contribution is -2.35. The Kier molecular flexibility index (Phi) is 4.72. The monoisotopic (exact) mass is 387 g/mol. The van der Waals surface area contributed by atoms with E-state index in [1.54, 1.807) is 29.0 Å². The normalized spacial score (nSPS) is 12.2. The predicted molar refractivity (Wildman–Crippen MR) is 111 cm³/mol.